The van der Waals surface area contributed by atoms with Crippen LogP contribution in [0.3, 0.4) is 0 Å². The zero-order valence-electron chi connectivity index (χ0n) is 11.4. The summed E-state index contributed by atoms with van der Waals surface area (Å²) in [6.07, 6.45) is 1.73. The van der Waals surface area contributed by atoms with Gasteiger partial charge in [-0.05, 0) is 0 Å². The molecule has 9 heteroatoms. The second kappa shape index (κ2) is 5.94. The van der Waals surface area contributed by atoms with E-state index in [9.17, 15) is 19.8 Å². The van der Waals surface area contributed by atoms with Crippen molar-refractivity contribution < 1.29 is 24.6 Å². The van der Waals surface area contributed by atoms with Crippen molar-refractivity contribution in [1.29, 1.82) is 0 Å². The number of hydroxylamine groups is 1. The van der Waals surface area contributed by atoms with Gasteiger partial charge in [0, 0.05) is 19.2 Å². The van der Waals surface area contributed by atoms with Crippen molar-refractivity contribution in [3.63, 3.8) is 0 Å². The zero-order chi connectivity index (χ0) is 15.6. The molecule has 2 atom stereocenters. The van der Waals surface area contributed by atoms with Crippen LogP contribution < -0.4 is 5.48 Å². The maximum Gasteiger partial charge on any atom is 0.408 e. The highest BCUT2D eigenvalue weighted by Crippen LogP contribution is 2.34. The Hall–Kier alpha value is -2.39. The van der Waals surface area contributed by atoms with Crippen molar-refractivity contribution in [2.45, 2.75) is 12.1 Å². The molecule has 0 aromatic carbocycles. The molecule has 2 rings (SSSR count). The molecule has 1 amide bonds. The number of carboxylic acids is 1. The smallest absolute Gasteiger partial charge is 0.408 e. The van der Waals surface area contributed by atoms with E-state index in [1.54, 1.807) is 7.05 Å². The fourth-order valence-corrected chi connectivity index (χ4v) is 2.36. The van der Waals surface area contributed by atoms with E-state index in [-0.39, 0.29) is 13.2 Å². The summed E-state index contributed by atoms with van der Waals surface area (Å²) in [5.41, 5.74) is 3.63. The van der Waals surface area contributed by atoms with Crippen LogP contribution in [0.5, 0.6) is 0 Å². The lowest BCUT2D eigenvalue weighted by atomic mass is 9.96. The Labute approximate surface area is 120 Å². The van der Waals surface area contributed by atoms with E-state index < -0.39 is 24.1 Å². The quantitative estimate of drug-likeness (QED) is 0.406. The van der Waals surface area contributed by atoms with Crippen molar-refractivity contribution >= 4 is 12.1 Å². The largest absolute Gasteiger partial charge is 0.479 e. The van der Waals surface area contributed by atoms with Gasteiger partial charge in [0.05, 0.1) is 24.5 Å². The third-order valence-electron chi connectivity index (χ3n) is 3.25. The molecule has 9 nitrogen and oxygen atoms in total. The van der Waals surface area contributed by atoms with Crippen molar-refractivity contribution in [3.05, 3.63) is 30.1 Å². The van der Waals surface area contributed by atoms with Gasteiger partial charge in [-0.25, -0.2) is 9.59 Å². The molecule has 3 N–H and O–H groups in total. The first kappa shape index (κ1) is 15.0. The third kappa shape index (κ3) is 2.73. The SMILES string of the molecule is C=CCON[C@H]1CN(C(=O)O)[C@@H](C(=O)O)c2c1cnn2C. The predicted octanol–water partition coefficient (Wildman–Crippen LogP) is 0.288. The number of hydrogen-bond donors (Lipinski definition) is 3. The number of hydrogen-bond acceptors (Lipinski definition) is 5. The lowest BCUT2D eigenvalue weighted by molar-refractivity contribution is -0.144. The summed E-state index contributed by atoms with van der Waals surface area (Å²) >= 11 is 0. The van der Waals surface area contributed by atoms with Crippen molar-refractivity contribution in [2.75, 3.05) is 13.2 Å². The third-order valence-corrected chi connectivity index (χ3v) is 3.25. The molecule has 0 spiro atoms. The molecule has 0 saturated heterocycles. The highest BCUT2D eigenvalue weighted by atomic mass is 16.6. The zero-order valence-corrected chi connectivity index (χ0v) is 11.4. The van der Waals surface area contributed by atoms with Crippen LogP contribution in [-0.2, 0) is 16.7 Å². The van der Waals surface area contributed by atoms with Gasteiger partial charge in [-0.3, -0.25) is 14.4 Å². The summed E-state index contributed by atoms with van der Waals surface area (Å²) in [6.45, 7) is 3.69. The van der Waals surface area contributed by atoms with Crippen LogP contribution in [0.1, 0.15) is 23.3 Å². The topological polar surface area (TPSA) is 117 Å². The van der Waals surface area contributed by atoms with E-state index in [1.165, 1.54) is 17.0 Å². The molecule has 0 radical (unpaired) electrons. The van der Waals surface area contributed by atoms with E-state index >= 15 is 0 Å². The number of aryl methyl sites for hydroxylation is 1. The average molecular weight is 296 g/mol. The highest BCUT2D eigenvalue weighted by molar-refractivity contribution is 5.81. The fraction of sp³-hybridized carbons (Fsp3) is 0.417. The number of fused-ring (bicyclic) bond motifs is 1. The maximum absolute atomic E-state index is 11.4. The molecule has 1 aliphatic heterocycles. The van der Waals surface area contributed by atoms with Gasteiger partial charge in [-0.15, -0.1) is 6.58 Å². The van der Waals surface area contributed by atoms with E-state index in [4.69, 9.17) is 4.84 Å². The van der Waals surface area contributed by atoms with Gasteiger partial charge in [0.2, 0.25) is 0 Å². The molecule has 0 aliphatic carbocycles. The van der Waals surface area contributed by atoms with Crippen LogP contribution in [-0.4, -0.2) is 50.1 Å². The summed E-state index contributed by atoms with van der Waals surface area (Å²) in [4.78, 5) is 28.8. The van der Waals surface area contributed by atoms with Gasteiger partial charge >= 0.3 is 12.1 Å². The van der Waals surface area contributed by atoms with E-state index in [0.29, 0.717) is 11.3 Å². The Balaban J connectivity index is 2.38. The fourth-order valence-electron chi connectivity index (χ4n) is 2.36. The predicted molar refractivity (Wildman–Crippen MR) is 70.3 cm³/mol. The molecule has 0 unspecified atom stereocenters. The number of carboxylic acid groups (broad SMARTS) is 2. The Morgan fingerprint density at radius 1 is 1.62 bits per heavy atom. The van der Waals surface area contributed by atoms with Crippen LogP contribution in [0.25, 0.3) is 0 Å². The molecule has 114 valence electrons. The summed E-state index contributed by atoms with van der Waals surface area (Å²) in [6, 6.07) is -1.79. The van der Waals surface area contributed by atoms with E-state index in [0.717, 1.165) is 4.90 Å². The molecule has 1 aromatic heterocycles. The van der Waals surface area contributed by atoms with Gasteiger partial charge in [-0.2, -0.15) is 10.6 Å². The van der Waals surface area contributed by atoms with Crippen LogP contribution in [0, 0.1) is 0 Å². The number of nitrogens with one attached hydrogen (secondary N) is 1. The average Bonchev–Trinajstić information content (AvgIpc) is 2.80. The van der Waals surface area contributed by atoms with Crippen molar-refractivity contribution in [1.82, 2.24) is 20.2 Å². The molecule has 1 aromatic rings. The maximum atomic E-state index is 11.4. The summed E-state index contributed by atoms with van der Waals surface area (Å²) in [7, 11) is 1.57. The minimum atomic E-state index is -1.32. The van der Waals surface area contributed by atoms with Crippen LogP contribution in [0.15, 0.2) is 18.9 Å². The first-order chi connectivity index (χ1) is 9.97. The molecule has 0 saturated carbocycles. The minimum absolute atomic E-state index is 0.0534. The van der Waals surface area contributed by atoms with Crippen molar-refractivity contribution in [3.8, 4) is 0 Å². The monoisotopic (exact) mass is 296 g/mol. The summed E-state index contributed by atoms with van der Waals surface area (Å²) in [5, 5.41) is 22.6. The van der Waals surface area contributed by atoms with Crippen LogP contribution >= 0.6 is 0 Å². The highest BCUT2D eigenvalue weighted by Gasteiger charge is 2.42. The second-order valence-corrected chi connectivity index (χ2v) is 4.55. The molecule has 2 heterocycles. The standard InChI is InChI=1S/C12H16N4O5/c1-3-4-21-14-8-6-16(12(19)20)10(11(17)18)9-7(8)5-13-15(9)2/h3,5,8,10,14H,1,4,6H2,2H3,(H,17,18)(H,19,20)/t8-,10+/m0/s1. The van der Waals surface area contributed by atoms with E-state index in [1.807, 2.05) is 0 Å². The molecular formula is C12H16N4O5. The molecule has 1 aliphatic rings. The summed E-state index contributed by atoms with van der Waals surface area (Å²) < 4.78 is 1.37. The normalized spacial score (nSPS) is 20.9. The number of aliphatic carboxylic acids is 1. The lowest BCUT2D eigenvalue weighted by Gasteiger charge is -2.35. The van der Waals surface area contributed by atoms with Crippen molar-refractivity contribution in [2.24, 2.45) is 7.05 Å². The minimum Gasteiger partial charge on any atom is -0.479 e. The van der Waals surface area contributed by atoms with Gasteiger partial charge in [0.1, 0.15) is 0 Å². The van der Waals surface area contributed by atoms with Gasteiger partial charge in [0.15, 0.2) is 6.04 Å². The number of rotatable bonds is 5. The molecule has 0 bridgehead atoms. The Kier molecular flexibility index (Phi) is 4.24. The lowest BCUT2D eigenvalue weighted by Crippen LogP contribution is -2.48. The van der Waals surface area contributed by atoms with Crippen LogP contribution in [0.4, 0.5) is 4.79 Å². The van der Waals surface area contributed by atoms with Gasteiger partial charge < -0.3 is 10.2 Å². The number of aromatic nitrogens is 2. The van der Waals surface area contributed by atoms with Gasteiger partial charge in [0.25, 0.3) is 0 Å². The first-order valence-corrected chi connectivity index (χ1v) is 6.19. The number of carbonyl (C=O) groups is 2. The Morgan fingerprint density at radius 3 is 2.90 bits per heavy atom. The Morgan fingerprint density at radius 2 is 2.33 bits per heavy atom. The number of amides is 1. The van der Waals surface area contributed by atoms with Gasteiger partial charge in [-0.1, -0.05) is 6.08 Å². The van der Waals surface area contributed by atoms with E-state index in [2.05, 4.69) is 17.2 Å². The molecule has 0 fully saturated rings. The molecular weight excluding hydrogens is 280 g/mol. The first-order valence-electron chi connectivity index (χ1n) is 6.19. The second-order valence-electron chi connectivity index (χ2n) is 4.55. The summed E-state index contributed by atoms with van der Waals surface area (Å²) in [5.74, 6) is -1.24. The Bertz CT molecular complexity index is 570. The molecule has 21 heavy (non-hydrogen) atoms. The number of nitrogens with zero attached hydrogens (tertiary/aromatic N) is 3. The van der Waals surface area contributed by atoms with Crippen LogP contribution in [0.2, 0.25) is 0 Å².